The van der Waals surface area contributed by atoms with Gasteiger partial charge in [-0.25, -0.2) is 9.78 Å². The Labute approximate surface area is 99.0 Å². The summed E-state index contributed by atoms with van der Waals surface area (Å²) < 4.78 is 38.7. The fraction of sp³-hybridized carbons (Fsp3) is 0.0909. The fourth-order valence-electron chi connectivity index (χ4n) is 1.45. The van der Waals surface area contributed by atoms with E-state index < -0.39 is 17.7 Å². The summed E-state index contributed by atoms with van der Waals surface area (Å²) in [6.45, 7) is 0. The number of imidazole rings is 1. The van der Waals surface area contributed by atoms with Crippen molar-refractivity contribution in [3.63, 3.8) is 0 Å². The lowest BCUT2D eigenvalue weighted by molar-refractivity contribution is -0.138. The Morgan fingerprint density at radius 3 is 2.72 bits per heavy atom. The summed E-state index contributed by atoms with van der Waals surface area (Å²) in [4.78, 5) is 14.2. The predicted molar refractivity (Wildman–Crippen MR) is 56.9 cm³/mol. The Kier molecular flexibility index (Phi) is 2.82. The van der Waals surface area contributed by atoms with Crippen LogP contribution in [-0.4, -0.2) is 20.5 Å². The number of carboxylic acid groups (broad SMARTS) is 1. The second-order valence-corrected chi connectivity index (χ2v) is 3.50. The zero-order valence-corrected chi connectivity index (χ0v) is 8.85. The smallest absolute Gasteiger partial charge is 0.417 e. The van der Waals surface area contributed by atoms with Crippen LogP contribution >= 0.6 is 0 Å². The summed E-state index contributed by atoms with van der Waals surface area (Å²) in [5, 5.41) is 8.47. The first-order valence-corrected chi connectivity index (χ1v) is 4.83. The van der Waals surface area contributed by atoms with E-state index in [-0.39, 0.29) is 5.69 Å². The number of nitrogens with zero attached hydrogens (tertiary/aromatic N) is 2. The number of rotatable bonds is 2. The molecule has 0 radical (unpaired) electrons. The molecule has 0 spiro atoms. The number of carbonyl (C=O) groups is 1. The maximum absolute atomic E-state index is 12.5. The van der Waals surface area contributed by atoms with Gasteiger partial charge in [0, 0.05) is 12.3 Å². The van der Waals surface area contributed by atoms with Crippen molar-refractivity contribution in [2.75, 3.05) is 0 Å². The third-order valence-corrected chi connectivity index (χ3v) is 2.26. The van der Waals surface area contributed by atoms with Crippen LogP contribution in [0.4, 0.5) is 13.2 Å². The van der Waals surface area contributed by atoms with E-state index in [1.807, 2.05) is 0 Å². The van der Waals surface area contributed by atoms with Crippen LogP contribution in [0.3, 0.4) is 0 Å². The van der Waals surface area contributed by atoms with Crippen LogP contribution in [0.1, 0.15) is 11.3 Å². The van der Waals surface area contributed by atoms with E-state index in [4.69, 9.17) is 5.11 Å². The zero-order valence-electron chi connectivity index (χ0n) is 8.85. The Bertz CT molecular complexity index is 629. The van der Waals surface area contributed by atoms with E-state index in [0.717, 1.165) is 18.3 Å². The second kappa shape index (κ2) is 4.17. The number of carboxylic acids is 1. The molecule has 0 amide bonds. The molecule has 2 aromatic rings. The molecule has 0 fully saturated rings. The van der Waals surface area contributed by atoms with Gasteiger partial charge in [-0.1, -0.05) is 0 Å². The number of hydrogen-bond acceptors (Lipinski definition) is 2. The van der Waals surface area contributed by atoms with Gasteiger partial charge in [0.1, 0.15) is 5.65 Å². The van der Waals surface area contributed by atoms with Gasteiger partial charge in [-0.05, 0) is 18.2 Å². The minimum absolute atomic E-state index is 0.263. The van der Waals surface area contributed by atoms with E-state index in [9.17, 15) is 18.0 Å². The molecular weight excluding hydrogens is 249 g/mol. The lowest BCUT2D eigenvalue weighted by Crippen LogP contribution is -2.06. The lowest BCUT2D eigenvalue weighted by Gasteiger charge is -2.07. The maximum atomic E-state index is 12.5. The monoisotopic (exact) mass is 256 g/mol. The number of pyridine rings is 1. The van der Waals surface area contributed by atoms with Crippen molar-refractivity contribution in [3.05, 3.63) is 41.9 Å². The number of fused-ring (bicyclic) bond motifs is 1. The summed E-state index contributed by atoms with van der Waals surface area (Å²) in [6.07, 6.45) is -0.253. The van der Waals surface area contributed by atoms with E-state index in [1.165, 1.54) is 22.7 Å². The molecule has 2 aromatic heterocycles. The number of halogens is 3. The molecule has 2 heterocycles. The molecule has 0 aromatic carbocycles. The molecule has 7 heteroatoms. The highest BCUT2D eigenvalue weighted by Gasteiger charge is 2.30. The third-order valence-electron chi connectivity index (χ3n) is 2.26. The van der Waals surface area contributed by atoms with Gasteiger partial charge < -0.3 is 5.11 Å². The SMILES string of the molecule is O=C(O)/C=C/c1cnc2ccc(C(F)(F)F)cn12. The molecule has 0 aliphatic heterocycles. The number of alkyl halides is 3. The molecule has 1 N–H and O–H groups in total. The van der Waals surface area contributed by atoms with E-state index >= 15 is 0 Å². The van der Waals surface area contributed by atoms with Gasteiger partial charge in [-0.3, -0.25) is 4.40 Å². The highest BCUT2D eigenvalue weighted by atomic mass is 19.4. The topological polar surface area (TPSA) is 54.6 Å². The highest BCUT2D eigenvalue weighted by molar-refractivity contribution is 5.85. The average molecular weight is 256 g/mol. The number of hydrogen-bond donors (Lipinski definition) is 1. The molecule has 0 aliphatic carbocycles. The van der Waals surface area contributed by atoms with Crippen molar-refractivity contribution in [3.8, 4) is 0 Å². The largest absolute Gasteiger partial charge is 0.478 e. The van der Waals surface area contributed by atoms with Crippen molar-refractivity contribution in [1.82, 2.24) is 9.38 Å². The van der Waals surface area contributed by atoms with E-state index in [2.05, 4.69) is 4.98 Å². The molecule has 0 saturated heterocycles. The van der Waals surface area contributed by atoms with Gasteiger partial charge in [0.15, 0.2) is 0 Å². The Balaban J connectivity index is 2.53. The number of aromatic nitrogens is 2. The molecule has 0 aliphatic rings. The minimum atomic E-state index is -4.45. The van der Waals surface area contributed by atoms with Gasteiger partial charge in [0.25, 0.3) is 0 Å². The standard InChI is InChI=1S/C11H7F3N2O2/c12-11(13,14)7-1-3-9-15-5-8(16(9)6-7)2-4-10(17)18/h1-6H,(H,17,18)/b4-2+. The Morgan fingerprint density at radius 1 is 1.39 bits per heavy atom. The quantitative estimate of drug-likeness (QED) is 0.839. The van der Waals surface area contributed by atoms with Gasteiger partial charge in [-0.2, -0.15) is 13.2 Å². The highest BCUT2D eigenvalue weighted by Crippen LogP contribution is 2.29. The van der Waals surface area contributed by atoms with E-state index in [1.54, 1.807) is 0 Å². The Morgan fingerprint density at radius 2 is 2.11 bits per heavy atom. The maximum Gasteiger partial charge on any atom is 0.417 e. The van der Waals surface area contributed by atoms with Crippen LogP contribution < -0.4 is 0 Å². The molecule has 94 valence electrons. The molecule has 0 unspecified atom stereocenters. The first-order valence-electron chi connectivity index (χ1n) is 4.83. The first kappa shape index (κ1) is 12.2. The molecule has 0 atom stereocenters. The molecule has 18 heavy (non-hydrogen) atoms. The molecule has 0 bridgehead atoms. The second-order valence-electron chi connectivity index (χ2n) is 3.50. The summed E-state index contributed by atoms with van der Waals surface area (Å²) >= 11 is 0. The van der Waals surface area contributed by atoms with Crippen molar-refractivity contribution < 1.29 is 23.1 Å². The van der Waals surface area contributed by atoms with Gasteiger partial charge >= 0.3 is 12.1 Å². The zero-order chi connectivity index (χ0) is 13.3. The van der Waals surface area contributed by atoms with Crippen LogP contribution in [-0.2, 0) is 11.0 Å². The molecule has 2 rings (SSSR count). The third kappa shape index (κ3) is 2.34. The lowest BCUT2D eigenvalue weighted by atomic mass is 10.2. The molecular formula is C11H7F3N2O2. The summed E-state index contributed by atoms with van der Waals surface area (Å²) in [7, 11) is 0. The van der Waals surface area contributed by atoms with Crippen molar-refractivity contribution in [2.45, 2.75) is 6.18 Å². The fourth-order valence-corrected chi connectivity index (χ4v) is 1.45. The van der Waals surface area contributed by atoms with Crippen molar-refractivity contribution in [2.24, 2.45) is 0 Å². The normalized spacial score (nSPS) is 12.4. The Hall–Kier alpha value is -2.31. The van der Waals surface area contributed by atoms with E-state index in [0.29, 0.717) is 5.65 Å². The summed E-state index contributed by atoms with van der Waals surface area (Å²) in [6, 6.07) is 2.15. The summed E-state index contributed by atoms with van der Waals surface area (Å²) in [5.41, 5.74) is -0.246. The predicted octanol–water partition coefficient (Wildman–Crippen LogP) is 2.45. The van der Waals surface area contributed by atoms with Crippen LogP contribution in [0.5, 0.6) is 0 Å². The van der Waals surface area contributed by atoms with Crippen LogP contribution in [0.15, 0.2) is 30.6 Å². The van der Waals surface area contributed by atoms with Crippen LogP contribution in [0.2, 0.25) is 0 Å². The number of aliphatic carboxylic acids is 1. The van der Waals surface area contributed by atoms with Crippen molar-refractivity contribution in [1.29, 1.82) is 0 Å². The van der Waals surface area contributed by atoms with Crippen molar-refractivity contribution >= 4 is 17.7 Å². The first-order chi connectivity index (χ1) is 8.38. The minimum Gasteiger partial charge on any atom is -0.478 e. The van der Waals surface area contributed by atoms with Gasteiger partial charge in [-0.15, -0.1) is 0 Å². The average Bonchev–Trinajstić information content (AvgIpc) is 2.67. The summed E-state index contributed by atoms with van der Waals surface area (Å²) in [5.74, 6) is -1.18. The van der Waals surface area contributed by atoms with Crippen LogP contribution in [0.25, 0.3) is 11.7 Å². The molecule has 4 nitrogen and oxygen atoms in total. The van der Waals surface area contributed by atoms with Crippen LogP contribution in [0, 0.1) is 0 Å². The van der Waals surface area contributed by atoms with Gasteiger partial charge in [0.05, 0.1) is 17.5 Å². The van der Waals surface area contributed by atoms with Gasteiger partial charge in [0.2, 0.25) is 0 Å². The molecule has 0 saturated carbocycles.